The molecule has 6 heteroatoms. The van der Waals surface area contributed by atoms with Crippen LogP contribution in [0.15, 0.2) is 24.3 Å². The first-order valence-electron chi connectivity index (χ1n) is 8.22. The summed E-state index contributed by atoms with van der Waals surface area (Å²) in [5.41, 5.74) is 0.624. The number of carbonyl (C=O) groups excluding carboxylic acids is 2. The van der Waals surface area contributed by atoms with Gasteiger partial charge in [0.05, 0.1) is 31.9 Å². The van der Waals surface area contributed by atoms with E-state index in [9.17, 15) is 9.59 Å². The van der Waals surface area contributed by atoms with E-state index in [0.717, 1.165) is 30.2 Å². The summed E-state index contributed by atoms with van der Waals surface area (Å²) in [7, 11) is 0. The zero-order chi connectivity index (χ0) is 16.2. The first kappa shape index (κ1) is 16.0. The Kier molecular flexibility index (Phi) is 4.93. The van der Waals surface area contributed by atoms with Crippen LogP contribution in [0.4, 0.5) is 5.69 Å². The molecular formula is C17H23N2O4+. The number of nitrogens with one attached hydrogen (secondary N) is 1. The molecule has 1 aromatic rings. The molecule has 0 unspecified atom stereocenters. The van der Waals surface area contributed by atoms with Gasteiger partial charge in [0.1, 0.15) is 18.8 Å². The maximum absolute atomic E-state index is 12.7. The maximum atomic E-state index is 12.7. The molecule has 0 spiro atoms. The maximum Gasteiger partial charge on any atom is 0.292 e. The fraction of sp³-hybridized carbons (Fsp3) is 0.529. The highest BCUT2D eigenvalue weighted by atomic mass is 16.5. The van der Waals surface area contributed by atoms with Crippen molar-refractivity contribution in [3.8, 4) is 5.75 Å². The van der Waals surface area contributed by atoms with E-state index in [1.165, 1.54) is 4.90 Å². The molecule has 124 valence electrons. The molecule has 23 heavy (non-hydrogen) atoms. The second-order valence-electron chi connectivity index (χ2n) is 5.94. The molecule has 0 bridgehead atoms. The Bertz CT molecular complexity index is 566. The van der Waals surface area contributed by atoms with E-state index in [0.29, 0.717) is 25.5 Å². The number of amides is 2. The molecule has 2 fully saturated rings. The van der Waals surface area contributed by atoms with Crippen molar-refractivity contribution in [3.63, 3.8) is 0 Å². The summed E-state index contributed by atoms with van der Waals surface area (Å²) in [4.78, 5) is 27.5. The number of anilines is 1. The molecule has 1 atom stereocenters. The molecule has 2 aliphatic heterocycles. The Morgan fingerprint density at radius 3 is 2.57 bits per heavy atom. The Morgan fingerprint density at radius 2 is 1.91 bits per heavy atom. The summed E-state index contributed by atoms with van der Waals surface area (Å²) in [6.45, 7) is 5.56. The van der Waals surface area contributed by atoms with E-state index in [1.807, 2.05) is 6.92 Å². The predicted octanol–water partition coefficient (Wildman–Crippen LogP) is 0.0224. The summed E-state index contributed by atoms with van der Waals surface area (Å²) >= 11 is 0. The Labute approximate surface area is 136 Å². The van der Waals surface area contributed by atoms with E-state index in [1.54, 1.807) is 24.3 Å². The summed E-state index contributed by atoms with van der Waals surface area (Å²) in [6, 6.07) is 6.89. The highest BCUT2D eigenvalue weighted by Crippen LogP contribution is 2.24. The van der Waals surface area contributed by atoms with E-state index in [-0.39, 0.29) is 24.3 Å². The number of quaternary nitrogens is 1. The summed E-state index contributed by atoms with van der Waals surface area (Å²) < 4.78 is 10.9. The van der Waals surface area contributed by atoms with Crippen molar-refractivity contribution in [2.24, 2.45) is 0 Å². The van der Waals surface area contributed by atoms with Crippen LogP contribution in [0.25, 0.3) is 0 Å². The highest BCUT2D eigenvalue weighted by Gasteiger charge is 2.46. The Hall–Kier alpha value is -1.92. The van der Waals surface area contributed by atoms with Crippen LogP contribution in [0.1, 0.15) is 19.8 Å². The van der Waals surface area contributed by atoms with Crippen molar-refractivity contribution in [1.82, 2.24) is 0 Å². The standard InChI is InChI=1S/C17H22N2O4/c1-2-9-23-14-5-3-13(4-6-14)19-16(20)12-15(17(19)21)18-7-10-22-11-8-18/h3-6,15H,2,7-12H2,1H3/p+1/t15-/m1/s1. The third-order valence-corrected chi connectivity index (χ3v) is 4.34. The van der Waals surface area contributed by atoms with Gasteiger partial charge in [-0.1, -0.05) is 6.92 Å². The lowest BCUT2D eigenvalue weighted by Crippen LogP contribution is -3.18. The van der Waals surface area contributed by atoms with E-state index in [4.69, 9.17) is 9.47 Å². The van der Waals surface area contributed by atoms with Gasteiger partial charge in [-0.2, -0.15) is 0 Å². The van der Waals surface area contributed by atoms with Crippen molar-refractivity contribution >= 4 is 17.5 Å². The van der Waals surface area contributed by atoms with Crippen molar-refractivity contribution < 1.29 is 24.0 Å². The fourth-order valence-electron chi connectivity index (χ4n) is 3.12. The van der Waals surface area contributed by atoms with Gasteiger partial charge in [0, 0.05) is 0 Å². The van der Waals surface area contributed by atoms with Gasteiger partial charge in [0.15, 0.2) is 6.04 Å². The smallest absolute Gasteiger partial charge is 0.292 e. The molecule has 0 saturated carbocycles. The van der Waals surface area contributed by atoms with Crippen LogP contribution in [0.3, 0.4) is 0 Å². The molecule has 3 rings (SSSR count). The van der Waals surface area contributed by atoms with Crippen molar-refractivity contribution in [2.75, 3.05) is 37.8 Å². The normalized spacial score (nSPS) is 22.7. The average Bonchev–Trinajstić information content (AvgIpc) is 2.89. The SMILES string of the molecule is CCCOc1ccc(N2C(=O)C[C@@H]([NH+]3CCOCC3)C2=O)cc1. The van der Waals surface area contributed by atoms with Gasteiger partial charge < -0.3 is 14.4 Å². The van der Waals surface area contributed by atoms with Gasteiger partial charge in [-0.05, 0) is 30.7 Å². The lowest BCUT2D eigenvalue weighted by molar-refractivity contribution is -0.922. The highest BCUT2D eigenvalue weighted by molar-refractivity contribution is 6.21. The number of ether oxygens (including phenoxy) is 2. The van der Waals surface area contributed by atoms with Gasteiger partial charge >= 0.3 is 0 Å². The fourth-order valence-corrected chi connectivity index (χ4v) is 3.12. The third-order valence-electron chi connectivity index (χ3n) is 4.34. The zero-order valence-electron chi connectivity index (χ0n) is 13.4. The minimum Gasteiger partial charge on any atom is -0.494 e. The number of hydrogen-bond acceptors (Lipinski definition) is 4. The van der Waals surface area contributed by atoms with Crippen molar-refractivity contribution in [2.45, 2.75) is 25.8 Å². The number of morpholine rings is 1. The van der Waals surface area contributed by atoms with Crippen molar-refractivity contribution in [3.05, 3.63) is 24.3 Å². The number of hydrogen-bond donors (Lipinski definition) is 1. The predicted molar refractivity (Wildman–Crippen MR) is 84.6 cm³/mol. The van der Waals surface area contributed by atoms with E-state index >= 15 is 0 Å². The molecule has 0 aliphatic carbocycles. The number of carbonyl (C=O) groups is 2. The number of imide groups is 1. The average molecular weight is 319 g/mol. The second kappa shape index (κ2) is 7.10. The molecule has 1 aromatic carbocycles. The van der Waals surface area contributed by atoms with Crippen LogP contribution in [0, 0.1) is 0 Å². The number of nitrogens with zero attached hydrogens (tertiary/aromatic N) is 1. The molecule has 2 amide bonds. The summed E-state index contributed by atoms with van der Waals surface area (Å²) in [6.07, 6.45) is 1.22. The van der Waals surface area contributed by atoms with E-state index in [2.05, 4.69) is 0 Å². The zero-order valence-corrected chi connectivity index (χ0v) is 13.4. The molecule has 6 nitrogen and oxygen atoms in total. The lowest BCUT2D eigenvalue weighted by Gasteiger charge is -2.27. The van der Waals surface area contributed by atoms with Crippen LogP contribution in [-0.4, -0.2) is 50.8 Å². The molecule has 0 aromatic heterocycles. The molecule has 1 N–H and O–H groups in total. The first-order chi connectivity index (χ1) is 11.2. The Balaban J connectivity index is 1.71. The largest absolute Gasteiger partial charge is 0.494 e. The van der Waals surface area contributed by atoms with Crippen LogP contribution in [0.2, 0.25) is 0 Å². The number of benzene rings is 1. The molecular weight excluding hydrogens is 296 g/mol. The van der Waals surface area contributed by atoms with Gasteiger partial charge in [0.2, 0.25) is 5.91 Å². The van der Waals surface area contributed by atoms with Crippen LogP contribution in [-0.2, 0) is 14.3 Å². The minimum atomic E-state index is -0.276. The third kappa shape index (κ3) is 3.38. The van der Waals surface area contributed by atoms with Gasteiger partial charge in [0.25, 0.3) is 5.91 Å². The molecule has 2 aliphatic rings. The quantitative estimate of drug-likeness (QED) is 0.778. The second-order valence-corrected chi connectivity index (χ2v) is 5.94. The topological polar surface area (TPSA) is 60.3 Å². The monoisotopic (exact) mass is 319 g/mol. The number of rotatable bonds is 5. The summed E-state index contributed by atoms with van der Waals surface area (Å²) in [5, 5.41) is 0. The molecule has 2 heterocycles. The molecule has 2 saturated heterocycles. The first-order valence-corrected chi connectivity index (χ1v) is 8.22. The van der Waals surface area contributed by atoms with E-state index < -0.39 is 0 Å². The molecule has 0 radical (unpaired) electrons. The van der Waals surface area contributed by atoms with Crippen LogP contribution in [0.5, 0.6) is 5.75 Å². The summed E-state index contributed by atoms with van der Waals surface area (Å²) in [5.74, 6) is 0.528. The van der Waals surface area contributed by atoms with Gasteiger partial charge in [-0.25, -0.2) is 4.90 Å². The lowest BCUT2D eigenvalue weighted by atomic mass is 10.2. The van der Waals surface area contributed by atoms with Gasteiger partial charge in [-0.3, -0.25) is 9.59 Å². The van der Waals surface area contributed by atoms with Crippen LogP contribution < -0.4 is 14.5 Å². The van der Waals surface area contributed by atoms with Crippen molar-refractivity contribution in [1.29, 1.82) is 0 Å². The minimum absolute atomic E-state index is 0.103. The Morgan fingerprint density at radius 1 is 1.22 bits per heavy atom. The van der Waals surface area contributed by atoms with Crippen LogP contribution >= 0.6 is 0 Å². The van der Waals surface area contributed by atoms with Gasteiger partial charge in [-0.15, -0.1) is 0 Å².